The lowest BCUT2D eigenvalue weighted by Crippen LogP contribution is -2.26. The predicted molar refractivity (Wildman–Crippen MR) is 65.8 cm³/mol. The molecule has 0 spiro atoms. The zero-order chi connectivity index (χ0) is 11.4. The van der Waals surface area contributed by atoms with Crippen molar-refractivity contribution in [2.75, 3.05) is 38.4 Å². The number of alkyl halides is 1. The first-order chi connectivity index (χ1) is 7.35. The van der Waals surface area contributed by atoms with Gasteiger partial charge in [-0.25, -0.2) is 0 Å². The van der Waals surface area contributed by atoms with Gasteiger partial charge in [0, 0.05) is 25.2 Å². The second-order valence-electron chi connectivity index (χ2n) is 3.21. The van der Waals surface area contributed by atoms with E-state index in [9.17, 15) is 0 Å². The molecule has 0 fully saturated rings. The monoisotopic (exact) mass is 282 g/mol. The molecule has 0 unspecified atom stereocenters. The van der Waals surface area contributed by atoms with Crippen LogP contribution in [-0.4, -0.2) is 44.5 Å². The number of rotatable bonds is 11. The van der Waals surface area contributed by atoms with Crippen molar-refractivity contribution < 1.29 is 14.2 Å². The van der Waals surface area contributed by atoms with E-state index in [1.165, 1.54) is 0 Å². The van der Waals surface area contributed by atoms with Gasteiger partial charge in [-0.05, 0) is 26.7 Å². The van der Waals surface area contributed by atoms with Crippen LogP contribution in [0, 0.1) is 0 Å². The number of unbranched alkanes of at least 4 members (excludes halogenated alkanes) is 1. The van der Waals surface area contributed by atoms with E-state index >= 15 is 0 Å². The van der Waals surface area contributed by atoms with E-state index < -0.39 is 0 Å². The number of ether oxygens (including phenoxy) is 3. The Morgan fingerprint density at radius 3 is 2.07 bits per heavy atom. The van der Waals surface area contributed by atoms with Crippen LogP contribution >= 0.6 is 15.9 Å². The molecule has 0 aliphatic heterocycles. The zero-order valence-electron chi connectivity index (χ0n) is 9.84. The first-order valence-corrected chi connectivity index (χ1v) is 6.80. The first-order valence-electron chi connectivity index (χ1n) is 5.68. The molecule has 0 N–H and O–H groups in total. The molecule has 4 heteroatoms. The van der Waals surface area contributed by atoms with Crippen molar-refractivity contribution in [3.63, 3.8) is 0 Å². The lowest BCUT2D eigenvalue weighted by atomic mass is 10.3. The quantitative estimate of drug-likeness (QED) is 0.431. The van der Waals surface area contributed by atoms with Gasteiger partial charge in [-0.15, -0.1) is 0 Å². The van der Waals surface area contributed by atoms with Crippen LogP contribution in [0.25, 0.3) is 0 Å². The van der Waals surface area contributed by atoms with Crippen molar-refractivity contribution in [1.29, 1.82) is 0 Å². The van der Waals surface area contributed by atoms with E-state index in [-0.39, 0.29) is 6.10 Å². The summed E-state index contributed by atoms with van der Waals surface area (Å²) in [4.78, 5) is 0. The maximum atomic E-state index is 5.68. The van der Waals surface area contributed by atoms with Gasteiger partial charge >= 0.3 is 0 Å². The summed E-state index contributed by atoms with van der Waals surface area (Å²) in [7, 11) is 0. The van der Waals surface area contributed by atoms with Crippen LogP contribution in [0.3, 0.4) is 0 Å². The molecular weight excluding hydrogens is 260 g/mol. The van der Waals surface area contributed by atoms with E-state index in [1.807, 2.05) is 13.8 Å². The fourth-order valence-corrected chi connectivity index (χ4v) is 1.49. The van der Waals surface area contributed by atoms with Crippen molar-refractivity contribution in [2.45, 2.75) is 32.8 Å². The minimum atomic E-state index is 0.0835. The predicted octanol–water partition coefficient (Wildman–Crippen LogP) is 2.62. The first kappa shape index (κ1) is 15.4. The van der Waals surface area contributed by atoms with Crippen LogP contribution in [0.2, 0.25) is 0 Å². The number of hydrogen-bond donors (Lipinski definition) is 0. The standard InChI is InChI=1S/C11H23BrO3/c1-3-13-9-11(10-14-4-2)15-8-6-5-7-12/h11H,3-10H2,1-2H3. The molecule has 0 aromatic rings. The van der Waals surface area contributed by atoms with E-state index in [2.05, 4.69) is 15.9 Å². The summed E-state index contributed by atoms with van der Waals surface area (Å²) in [6, 6.07) is 0. The van der Waals surface area contributed by atoms with Crippen molar-refractivity contribution in [1.82, 2.24) is 0 Å². The summed E-state index contributed by atoms with van der Waals surface area (Å²) in [6.45, 7) is 7.48. The highest BCUT2D eigenvalue weighted by atomic mass is 79.9. The van der Waals surface area contributed by atoms with Gasteiger partial charge in [0.25, 0.3) is 0 Å². The van der Waals surface area contributed by atoms with Crippen LogP contribution in [-0.2, 0) is 14.2 Å². The summed E-state index contributed by atoms with van der Waals surface area (Å²) in [6.07, 6.45) is 2.32. The summed E-state index contributed by atoms with van der Waals surface area (Å²) >= 11 is 3.40. The van der Waals surface area contributed by atoms with Crippen LogP contribution in [0.15, 0.2) is 0 Å². The van der Waals surface area contributed by atoms with Gasteiger partial charge in [0.2, 0.25) is 0 Å². The van der Waals surface area contributed by atoms with Gasteiger partial charge in [-0.2, -0.15) is 0 Å². The Morgan fingerprint density at radius 2 is 1.60 bits per heavy atom. The lowest BCUT2D eigenvalue weighted by molar-refractivity contribution is -0.0568. The van der Waals surface area contributed by atoms with Crippen LogP contribution in [0.5, 0.6) is 0 Å². The Balaban J connectivity index is 3.49. The SMILES string of the molecule is CCOCC(COCC)OCCCCBr. The van der Waals surface area contributed by atoms with E-state index in [0.717, 1.165) is 38.0 Å². The second kappa shape index (κ2) is 12.4. The molecule has 15 heavy (non-hydrogen) atoms. The molecule has 0 amide bonds. The summed E-state index contributed by atoms with van der Waals surface area (Å²) in [5.41, 5.74) is 0. The average Bonchev–Trinajstić information content (AvgIpc) is 2.27. The molecule has 0 rings (SSSR count). The van der Waals surface area contributed by atoms with E-state index in [1.54, 1.807) is 0 Å². The van der Waals surface area contributed by atoms with Gasteiger partial charge in [-0.3, -0.25) is 0 Å². The highest BCUT2D eigenvalue weighted by Gasteiger charge is 2.08. The third kappa shape index (κ3) is 10.6. The molecule has 0 aromatic heterocycles. The minimum absolute atomic E-state index is 0.0835. The Kier molecular flexibility index (Phi) is 12.7. The topological polar surface area (TPSA) is 27.7 Å². The molecule has 92 valence electrons. The molecule has 0 bridgehead atoms. The molecule has 0 aliphatic rings. The summed E-state index contributed by atoms with van der Waals surface area (Å²) in [5, 5.41) is 1.04. The molecule has 0 aliphatic carbocycles. The zero-order valence-corrected chi connectivity index (χ0v) is 11.4. The van der Waals surface area contributed by atoms with Crippen molar-refractivity contribution in [2.24, 2.45) is 0 Å². The van der Waals surface area contributed by atoms with E-state index in [0.29, 0.717) is 13.2 Å². The van der Waals surface area contributed by atoms with Crippen molar-refractivity contribution >= 4 is 15.9 Å². The molecule has 0 atom stereocenters. The van der Waals surface area contributed by atoms with Gasteiger partial charge in [0.15, 0.2) is 0 Å². The van der Waals surface area contributed by atoms with Gasteiger partial charge < -0.3 is 14.2 Å². The fourth-order valence-electron chi connectivity index (χ4n) is 1.09. The van der Waals surface area contributed by atoms with Gasteiger partial charge in [0.1, 0.15) is 6.10 Å². The second-order valence-corrected chi connectivity index (χ2v) is 4.00. The average molecular weight is 283 g/mol. The van der Waals surface area contributed by atoms with Crippen LogP contribution in [0.4, 0.5) is 0 Å². The number of halogens is 1. The third-order valence-electron chi connectivity index (χ3n) is 1.90. The molecule has 3 nitrogen and oxygen atoms in total. The maximum absolute atomic E-state index is 5.68. The molecule has 0 saturated carbocycles. The lowest BCUT2D eigenvalue weighted by Gasteiger charge is -2.17. The van der Waals surface area contributed by atoms with E-state index in [4.69, 9.17) is 14.2 Å². The Morgan fingerprint density at radius 1 is 1.00 bits per heavy atom. The smallest absolute Gasteiger partial charge is 0.104 e. The maximum Gasteiger partial charge on any atom is 0.104 e. The molecule has 0 aromatic carbocycles. The minimum Gasteiger partial charge on any atom is -0.379 e. The van der Waals surface area contributed by atoms with Gasteiger partial charge in [0.05, 0.1) is 13.2 Å². The van der Waals surface area contributed by atoms with Gasteiger partial charge in [-0.1, -0.05) is 15.9 Å². The highest BCUT2D eigenvalue weighted by Crippen LogP contribution is 2.00. The molecular formula is C11H23BrO3. The molecule has 0 heterocycles. The third-order valence-corrected chi connectivity index (χ3v) is 2.46. The van der Waals surface area contributed by atoms with Crippen LogP contribution < -0.4 is 0 Å². The van der Waals surface area contributed by atoms with Crippen molar-refractivity contribution in [3.05, 3.63) is 0 Å². The normalized spacial score (nSPS) is 11.2. The Bertz CT molecular complexity index is 114. The van der Waals surface area contributed by atoms with Crippen LogP contribution in [0.1, 0.15) is 26.7 Å². The largest absolute Gasteiger partial charge is 0.379 e. The Labute approximate surface area is 102 Å². The Hall–Kier alpha value is 0.360. The number of hydrogen-bond acceptors (Lipinski definition) is 3. The fraction of sp³-hybridized carbons (Fsp3) is 1.00. The van der Waals surface area contributed by atoms with Crippen molar-refractivity contribution in [3.8, 4) is 0 Å². The molecule has 0 saturated heterocycles. The summed E-state index contributed by atoms with van der Waals surface area (Å²) < 4.78 is 16.3. The molecule has 0 radical (unpaired) electrons. The highest BCUT2D eigenvalue weighted by molar-refractivity contribution is 9.09. The summed E-state index contributed by atoms with van der Waals surface area (Å²) in [5.74, 6) is 0.